The highest BCUT2D eigenvalue weighted by atomic mass is 32.2. The molecule has 58 valence electrons. The lowest BCUT2D eigenvalue weighted by Gasteiger charge is -2.16. The predicted octanol–water partition coefficient (Wildman–Crippen LogP) is 1.69. The van der Waals surface area contributed by atoms with Gasteiger partial charge in [-0.15, -0.1) is 11.8 Å². The number of thioether (sulfide) groups is 1. The first-order chi connectivity index (χ1) is 5.40. The molecule has 0 amide bonds. The Morgan fingerprint density at radius 1 is 1.45 bits per heavy atom. The first kappa shape index (κ1) is 7.19. The first-order valence-electron chi connectivity index (χ1n) is 3.81. The molecule has 2 unspecified atom stereocenters. The van der Waals surface area contributed by atoms with Crippen molar-refractivity contribution in [3.8, 4) is 0 Å². The maximum atomic E-state index is 5.54. The lowest BCUT2D eigenvalue weighted by atomic mass is 9.97. The van der Waals surface area contributed by atoms with E-state index in [9.17, 15) is 0 Å². The van der Waals surface area contributed by atoms with Crippen LogP contribution in [0, 0.1) is 5.92 Å². The molecule has 1 aliphatic heterocycles. The Labute approximate surface area is 71.0 Å². The summed E-state index contributed by atoms with van der Waals surface area (Å²) < 4.78 is 0. The smallest absolute Gasteiger partial charge is 0.0372 e. The van der Waals surface area contributed by atoms with E-state index < -0.39 is 0 Å². The minimum atomic E-state index is 0.621. The molecule has 0 saturated heterocycles. The van der Waals surface area contributed by atoms with Crippen molar-refractivity contribution in [3.63, 3.8) is 0 Å². The van der Waals surface area contributed by atoms with E-state index in [0.717, 1.165) is 0 Å². The van der Waals surface area contributed by atoms with Crippen molar-refractivity contribution in [1.29, 1.82) is 0 Å². The van der Waals surface area contributed by atoms with Crippen LogP contribution in [-0.2, 0) is 0 Å². The molecule has 2 heteroatoms. The minimum absolute atomic E-state index is 0.621. The average molecular weight is 165 g/mol. The molecule has 0 bridgehead atoms. The number of rotatable bonds is 1. The fourth-order valence-electron chi connectivity index (χ4n) is 1.39. The van der Waals surface area contributed by atoms with Crippen molar-refractivity contribution in [2.75, 3.05) is 6.54 Å². The Hall–Kier alpha value is -0.470. The molecule has 2 N–H and O–H groups in total. The van der Waals surface area contributed by atoms with Gasteiger partial charge in [0.15, 0.2) is 0 Å². The zero-order valence-corrected chi connectivity index (χ0v) is 7.05. The third-order valence-electron chi connectivity index (χ3n) is 2.06. The van der Waals surface area contributed by atoms with Gasteiger partial charge in [-0.05, 0) is 11.0 Å². The number of hydrogen-bond acceptors (Lipinski definition) is 2. The summed E-state index contributed by atoms with van der Waals surface area (Å²) >= 11 is 1.88. The summed E-state index contributed by atoms with van der Waals surface area (Å²) in [5, 5.41) is 2.80. The molecule has 0 spiro atoms. The van der Waals surface area contributed by atoms with Gasteiger partial charge in [0.25, 0.3) is 0 Å². The molecule has 0 fully saturated rings. The Kier molecular flexibility index (Phi) is 1.88. The Bertz CT molecular complexity index is 240. The summed E-state index contributed by atoms with van der Waals surface area (Å²) in [5.41, 5.74) is 6.80. The van der Waals surface area contributed by atoms with Gasteiger partial charge in [-0.25, -0.2) is 0 Å². The highest BCUT2D eigenvalue weighted by Gasteiger charge is 2.21. The Morgan fingerprint density at radius 2 is 2.36 bits per heavy atom. The van der Waals surface area contributed by atoms with Crippen LogP contribution < -0.4 is 5.73 Å². The topological polar surface area (TPSA) is 26.0 Å². The van der Waals surface area contributed by atoms with E-state index in [1.54, 1.807) is 0 Å². The van der Waals surface area contributed by atoms with Crippen LogP contribution in [0.4, 0.5) is 0 Å². The predicted molar refractivity (Wildman–Crippen MR) is 50.3 cm³/mol. The summed E-state index contributed by atoms with van der Waals surface area (Å²) in [6, 6.07) is 0. The molecule has 0 aromatic carbocycles. The molecule has 0 aromatic heterocycles. The van der Waals surface area contributed by atoms with Gasteiger partial charge in [0.2, 0.25) is 0 Å². The second-order valence-corrected chi connectivity index (χ2v) is 3.90. The Balaban J connectivity index is 2.18. The average Bonchev–Trinajstić information content (AvgIpc) is 2.50. The summed E-state index contributed by atoms with van der Waals surface area (Å²) in [7, 11) is 0. The molecular formula is C9H11NS. The first-order valence-corrected chi connectivity index (χ1v) is 4.75. The molecule has 11 heavy (non-hydrogen) atoms. The van der Waals surface area contributed by atoms with Crippen LogP contribution in [0.3, 0.4) is 0 Å². The zero-order valence-electron chi connectivity index (χ0n) is 6.23. The van der Waals surface area contributed by atoms with Crippen LogP contribution in [0.15, 0.2) is 35.3 Å². The number of hydrogen-bond donors (Lipinski definition) is 1. The second kappa shape index (κ2) is 2.88. The lowest BCUT2D eigenvalue weighted by molar-refractivity contribution is 0.842. The number of nitrogens with two attached hydrogens (primary N) is 1. The monoisotopic (exact) mass is 165 g/mol. The van der Waals surface area contributed by atoms with E-state index in [-0.39, 0.29) is 0 Å². The maximum absolute atomic E-state index is 5.54. The van der Waals surface area contributed by atoms with Crippen molar-refractivity contribution in [1.82, 2.24) is 0 Å². The van der Waals surface area contributed by atoms with Gasteiger partial charge >= 0.3 is 0 Å². The van der Waals surface area contributed by atoms with E-state index >= 15 is 0 Å². The minimum Gasteiger partial charge on any atom is -0.327 e. The van der Waals surface area contributed by atoms with E-state index in [0.29, 0.717) is 17.7 Å². The molecule has 1 heterocycles. The second-order valence-electron chi connectivity index (χ2n) is 2.81. The largest absolute Gasteiger partial charge is 0.327 e. The van der Waals surface area contributed by atoms with Gasteiger partial charge in [0.05, 0.1) is 0 Å². The van der Waals surface area contributed by atoms with Gasteiger partial charge in [-0.3, -0.25) is 0 Å². The third-order valence-corrected chi connectivity index (χ3v) is 3.14. The number of allylic oxidation sites excluding steroid dienone is 2. The molecular weight excluding hydrogens is 154 g/mol. The maximum Gasteiger partial charge on any atom is 0.0372 e. The van der Waals surface area contributed by atoms with Gasteiger partial charge in [-0.1, -0.05) is 24.3 Å². The highest BCUT2D eigenvalue weighted by molar-refractivity contribution is 8.03. The summed E-state index contributed by atoms with van der Waals surface area (Å²) in [6.45, 7) is 0.667. The Morgan fingerprint density at radius 3 is 3.18 bits per heavy atom. The molecule has 2 aliphatic rings. The lowest BCUT2D eigenvalue weighted by Crippen LogP contribution is -2.13. The van der Waals surface area contributed by atoms with Crippen LogP contribution in [-0.4, -0.2) is 11.8 Å². The normalized spacial score (nSPS) is 33.7. The fraction of sp³-hybridized carbons (Fsp3) is 0.333. The summed E-state index contributed by atoms with van der Waals surface area (Å²) in [5.74, 6) is 0.621. The molecule has 1 nitrogen and oxygen atoms in total. The van der Waals surface area contributed by atoms with Crippen LogP contribution in [0.5, 0.6) is 0 Å². The van der Waals surface area contributed by atoms with Crippen molar-refractivity contribution < 1.29 is 0 Å². The van der Waals surface area contributed by atoms with Crippen LogP contribution in [0.25, 0.3) is 0 Å². The SMILES string of the molecule is NCC1=CC2SC=CC2C=C1. The molecule has 2 atom stereocenters. The quantitative estimate of drug-likeness (QED) is 0.640. The molecule has 0 radical (unpaired) electrons. The van der Waals surface area contributed by atoms with E-state index in [1.165, 1.54) is 5.57 Å². The number of fused-ring (bicyclic) bond motifs is 1. The summed E-state index contributed by atoms with van der Waals surface area (Å²) in [6.07, 6.45) is 8.89. The van der Waals surface area contributed by atoms with Gasteiger partial charge in [0, 0.05) is 17.7 Å². The molecule has 2 rings (SSSR count). The summed E-state index contributed by atoms with van der Waals surface area (Å²) in [4.78, 5) is 0. The molecule has 0 saturated carbocycles. The van der Waals surface area contributed by atoms with E-state index in [4.69, 9.17) is 5.73 Å². The van der Waals surface area contributed by atoms with Crippen molar-refractivity contribution >= 4 is 11.8 Å². The van der Waals surface area contributed by atoms with E-state index in [2.05, 4.69) is 29.7 Å². The molecule has 1 aliphatic carbocycles. The van der Waals surface area contributed by atoms with Gasteiger partial charge < -0.3 is 5.73 Å². The zero-order chi connectivity index (χ0) is 7.68. The van der Waals surface area contributed by atoms with Gasteiger partial charge in [-0.2, -0.15) is 0 Å². The van der Waals surface area contributed by atoms with Crippen LogP contribution >= 0.6 is 11.8 Å². The highest BCUT2D eigenvalue weighted by Crippen LogP contribution is 2.34. The van der Waals surface area contributed by atoms with Gasteiger partial charge in [0.1, 0.15) is 0 Å². The standard InChI is InChI=1S/C9H11NS/c10-6-7-1-2-8-3-4-11-9(8)5-7/h1-5,8-9H,6,10H2. The third kappa shape index (κ3) is 1.28. The van der Waals surface area contributed by atoms with Crippen LogP contribution in [0.1, 0.15) is 0 Å². The molecule has 0 aromatic rings. The van der Waals surface area contributed by atoms with Crippen molar-refractivity contribution in [2.45, 2.75) is 5.25 Å². The van der Waals surface area contributed by atoms with E-state index in [1.807, 2.05) is 11.8 Å². The van der Waals surface area contributed by atoms with Crippen LogP contribution in [0.2, 0.25) is 0 Å². The van der Waals surface area contributed by atoms with Crippen molar-refractivity contribution in [2.24, 2.45) is 11.7 Å². The van der Waals surface area contributed by atoms with Crippen molar-refractivity contribution in [3.05, 3.63) is 35.3 Å². The fourth-order valence-corrected chi connectivity index (χ4v) is 2.46.